The SMILES string of the molecule is COP(OCC1CCC(n2cnc3c(N)ncnc32)O1)OC(=O)CCC(=O)c1ccccc1C(=O)O. The number of aromatic carboxylic acids is 1. The van der Waals surface area contributed by atoms with Crippen molar-refractivity contribution >= 4 is 43.3 Å². The minimum Gasteiger partial charge on any atom is -0.478 e. The molecule has 1 aliphatic heterocycles. The van der Waals surface area contributed by atoms with Gasteiger partial charge in [-0.15, -0.1) is 0 Å². The van der Waals surface area contributed by atoms with Gasteiger partial charge in [-0.3, -0.25) is 18.7 Å². The molecule has 0 radical (unpaired) electrons. The summed E-state index contributed by atoms with van der Waals surface area (Å²) in [6.07, 6.45) is 3.29. The lowest BCUT2D eigenvalue weighted by atomic mass is 10.0. The first-order chi connectivity index (χ1) is 17.4. The van der Waals surface area contributed by atoms with Gasteiger partial charge in [0, 0.05) is 19.1 Å². The Morgan fingerprint density at radius 3 is 2.69 bits per heavy atom. The highest BCUT2D eigenvalue weighted by atomic mass is 31.2. The third-order valence-corrected chi connectivity index (χ3v) is 6.50. The second kappa shape index (κ2) is 11.5. The zero-order valence-electron chi connectivity index (χ0n) is 19.3. The Hall–Kier alpha value is -3.51. The lowest BCUT2D eigenvalue weighted by molar-refractivity contribution is -0.135. The van der Waals surface area contributed by atoms with Crippen LogP contribution < -0.4 is 5.73 Å². The summed E-state index contributed by atoms with van der Waals surface area (Å²) in [5.41, 5.74) is 6.83. The van der Waals surface area contributed by atoms with Gasteiger partial charge in [0.15, 0.2) is 17.2 Å². The van der Waals surface area contributed by atoms with Gasteiger partial charge in [-0.1, -0.05) is 18.2 Å². The van der Waals surface area contributed by atoms with E-state index in [-0.39, 0.29) is 48.7 Å². The van der Waals surface area contributed by atoms with Crippen molar-refractivity contribution in [2.24, 2.45) is 0 Å². The molecule has 13 nitrogen and oxygen atoms in total. The van der Waals surface area contributed by atoms with E-state index < -0.39 is 26.3 Å². The summed E-state index contributed by atoms with van der Waals surface area (Å²) in [4.78, 5) is 48.3. The van der Waals surface area contributed by atoms with E-state index in [9.17, 15) is 19.5 Å². The van der Waals surface area contributed by atoms with Crippen molar-refractivity contribution < 1.29 is 37.8 Å². The molecule has 3 heterocycles. The van der Waals surface area contributed by atoms with Crippen molar-refractivity contribution in [3.63, 3.8) is 0 Å². The standard InChI is InChI=1S/C22H24N5O8P/c1-32-36(35-18(29)9-7-16(28)14-4-2-3-5-15(14)22(30)31)33-10-13-6-8-17(34-13)27-12-26-19-20(23)24-11-25-21(19)27/h2-5,11-13,17H,6-10H2,1H3,(H,30,31)(H2,23,24,25). The number of carbonyl (C=O) groups is 3. The van der Waals surface area contributed by atoms with E-state index in [1.807, 2.05) is 0 Å². The van der Waals surface area contributed by atoms with Crippen LogP contribution in [-0.2, 0) is 23.1 Å². The summed E-state index contributed by atoms with van der Waals surface area (Å²) in [6.45, 7) is 0.123. The van der Waals surface area contributed by atoms with Crippen LogP contribution in [0.25, 0.3) is 11.2 Å². The average molecular weight is 517 g/mol. The quantitative estimate of drug-likeness (QED) is 0.281. The largest absolute Gasteiger partial charge is 0.478 e. The van der Waals surface area contributed by atoms with Crippen molar-refractivity contribution in [3.05, 3.63) is 48.0 Å². The van der Waals surface area contributed by atoms with Gasteiger partial charge in [-0.25, -0.2) is 19.7 Å². The number of hydrogen-bond acceptors (Lipinski definition) is 11. The van der Waals surface area contributed by atoms with Crippen molar-refractivity contribution in [3.8, 4) is 0 Å². The number of carbonyl (C=O) groups excluding carboxylic acids is 2. The molecule has 0 aliphatic carbocycles. The summed E-state index contributed by atoms with van der Waals surface area (Å²) in [5.74, 6) is -2.10. The number of nitrogen functional groups attached to an aromatic ring is 1. The highest BCUT2D eigenvalue weighted by molar-refractivity contribution is 7.42. The number of anilines is 1. The van der Waals surface area contributed by atoms with Crippen LogP contribution in [0.15, 0.2) is 36.9 Å². The topological polar surface area (TPSA) is 178 Å². The second-order valence-electron chi connectivity index (χ2n) is 7.81. The predicted octanol–water partition coefficient (Wildman–Crippen LogP) is 2.88. The van der Waals surface area contributed by atoms with Crippen LogP contribution >= 0.6 is 8.60 Å². The minimum absolute atomic E-state index is 0.0378. The van der Waals surface area contributed by atoms with Gasteiger partial charge in [-0.2, -0.15) is 0 Å². The highest BCUT2D eigenvalue weighted by Gasteiger charge is 2.30. The van der Waals surface area contributed by atoms with Crippen molar-refractivity contribution in [2.75, 3.05) is 19.5 Å². The number of carboxylic acid groups (broad SMARTS) is 1. The Morgan fingerprint density at radius 1 is 1.17 bits per heavy atom. The fourth-order valence-electron chi connectivity index (χ4n) is 3.75. The Labute approximate surface area is 206 Å². The molecule has 0 amide bonds. The van der Waals surface area contributed by atoms with Crippen LogP contribution in [0.3, 0.4) is 0 Å². The number of benzene rings is 1. The van der Waals surface area contributed by atoms with Gasteiger partial charge in [0.25, 0.3) is 0 Å². The number of ether oxygens (including phenoxy) is 1. The number of rotatable bonds is 11. The molecule has 0 bridgehead atoms. The first kappa shape index (κ1) is 25.6. The van der Waals surface area contributed by atoms with Crippen LogP contribution in [-0.4, -0.2) is 62.2 Å². The Balaban J connectivity index is 1.24. The summed E-state index contributed by atoms with van der Waals surface area (Å²) in [7, 11) is -0.658. The molecule has 2 aromatic heterocycles. The van der Waals surface area contributed by atoms with E-state index in [4.69, 9.17) is 24.0 Å². The van der Waals surface area contributed by atoms with E-state index in [1.54, 1.807) is 17.0 Å². The average Bonchev–Trinajstić information content (AvgIpc) is 3.52. The van der Waals surface area contributed by atoms with Crippen molar-refractivity contribution in [1.82, 2.24) is 19.5 Å². The molecule has 1 fully saturated rings. The molecule has 1 saturated heterocycles. The maximum Gasteiger partial charge on any atom is 0.399 e. The van der Waals surface area contributed by atoms with E-state index >= 15 is 0 Å². The molecule has 1 aromatic carbocycles. The lowest BCUT2D eigenvalue weighted by Crippen LogP contribution is -2.16. The van der Waals surface area contributed by atoms with Gasteiger partial charge >= 0.3 is 20.5 Å². The number of fused-ring (bicyclic) bond motifs is 1. The molecule has 3 N–H and O–H groups in total. The molecule has 4 rings (SSSR count). The fourth-order valence-corrected chi connectivity index (χ4v) is 4.53. The molecule has 190 valence electrons. The Morgan fingerprint density at radius 2 is 1.94 bits per heavy atom. The summed E-state index contributed by atoms with van der Waals surface area (Å²) in [5, 5.41) is 9.22. The number of imidazole rings is 1. The predicted molar refractivity (Wildman–Crippen MR) is 126 cm³/mol. The molecular formula is C22H24N5O8P. The monoisotopic (exact) mass is 517 g/mol. The van der Waals surface area contributed by atoms with Crippen LogP contribution in [0.5, 0.6) is 0 Å². The van der Waals surface area contributed by atoms with Gasteiger partial charge in [-0.05, 0) is 18.9 Å². The molecule has 36 heavy (non-hydrogen) atoms. The number of carboxylic acids is 1. The fraction of sp³-hybridized carbons (Fsp3) is 0.364. The normalized spacial score (nSPS) is 18.2. The highest BCUT2D eigenvalue weighted by Crippen LogP contribution is 2.41. The Kier molecular flexibility index (Phi) is 8.16. The number of nitrogens with two attached hydrogens (primary N) is 1. The molecule has 0 spiro atoms. The van der Waals surface area contributed by atoms with Crippen molar-refractivity contribution in [2.45, 2.75) is 38.0 Å². The van der Waals surface area contributed by atoms with E-state index in [0.29, 0.717) is 24.0 Å². The van der Waals surface area contributed by atoms with Crippen LogP contribution in [0.1, 0.15) is 52.6 Å². The molecular weight excluding hydrogens is 493 g/mol. The number of nitrogens with zero attached hydrogens (tertiary/aromatic N) is 4. The maximum atomic E-state index is 12.4. The van der Waals surface area contributed by atoms with Gasteiger partial charge in [0.2, 0.25) is 0 Å². The molecule has 3 aromatic rings. The zero-order chi connectivity index (χ0) is 25.7. The molecule has 3 unspecified atom stereocenters. The summed E-state index contributed by atoms with van der Waals surface area (Å²) in [6, 6.07) is 5.82. The smallest absolute Gasteiger partial charge is 0.399 e. The molecule has 14 heteroatoms. The van der Waals surface area contributed by atoms with Crippen molar-refractivity contribution in [1.29, 1.82) is 0 Å². The number of ketones is 1. The molecule has 3 atom stereocenters. The molecule has 1 aliphatic rings. The number of Topliss-reactive ketones (excluding diaryl/α,β-unsaturated/α-hetero) is 1. The van der Waals surface area contributed by atoms with Gasteiger partial charge in [0.05, 0.1) is 31.0 Å². The van der Waals surface area contributed by atoms with E-state index in [1.165, 1.54) is 31.6 Å². The molecule has 0 saturated carbocycles. The van der Waals surface area contributed by atoms with Crippen LogP contribution in [0.4, 0.5) is 5.82 Å². The van der Waals surface area contributed by atoms with E-state index in [2.05, 4.69) is 15.0 Å². The summed E-state index contributed by atoms with van der Waals surface area (Å²) < 4.78 is 23.7. The van der Waals surface area contributed by atoms with Crippen LogP contribution in [0.2, 0.25) is 0 Å². The number of hydrogen-bond donors (Lipinski definition) is 2. The van der Waals surface area contributed by atoms with Gasteiger partial charge in [0.1, 0.15) is 18.1 Å². The van der Waals surface area contributed by atoms with Gasteiger partial charge < -0.3 is 24.6 Å². The summed E-state index contributed by atoms with van der Waals surface area (Å²) >= 11 is 0. The number of aromatic nitrogens is 4. The minimum atomic E-state index is -2.00. The third kappa shape index (κ3) is 5.82. The zero-order valence-corrected chi connectivity index (χ0v) is 20.2. The van der Waals surface area contributed by atoms with E-state index in [0.717, 1.165) is 0 Å². The lowest BCUT2D eigenvalue weighted by Gasteiger charge is -2.18. The maximum absolute atomic E-state index is 12.4. The van der Waals surface area contributed by atoms with Crippen LogP contribution in [0, 0.1) is 0 Å². The second-order valence-corrected chi connectivity index (χ2v) is 9.07. The third-order valence-electron chi connectivity index (χ3n) is 5.49. The Bertz CT molecular complexity index is 1270. The first-order valence-electron chi connectivity index (χ1n) is 11.0. The first-order valence-corrected chi connectivity index (χ1v) is 12.1.